The maximum atomic E-state index is 14.0. The van der Waals surface area contributed by atoms with E-state index in [-0.39, 0.29) is 47.3 Å². The third kappa shape index (κ3) is 8.69. The molecule has 1 aliphatic carbocycles. The monoisotopic (exact) mass is 688 g/mol. The van der Waals surface area contributed by atoms with Crippen molar-refractivity contribution in [3.05, 3.63) is 80.4 Å². The van der Waals surface area contributed by atoms with Crippen LogP contribution in [0.15, 0.2) is 63.7 Å². The molecule has 8 nitrogen and oxygen atoms in total. The molecule has 1 aromatic rings. The number of rotatable bonds is 16. The van der Waals surface area contributed by atoms with Crippen LogP contribution in [0.2, 0.25) is 0 Å². The molecule has 0 bridgehead atoms. The van der Waals surface area contributed by atoms with Gasteiger partial charge in [-0.15, -0.1) is 0 Å². The number of carbonyl (C=O) groups excluding carboxylic acids is 3. The van der Waals surface area contributed by atoms with E-state index in [0.29, 0.717) is 25.7 Å². The zero-order valence-corrected chi connectivity index (χ0v) is 31.4. The Morgan fingerprint density at radius 1 is 0.820 bits per heavy atom. The summed E-state index contributed by atoms with van der Waals surface area (Å²) in [6.45, 7) is 17.0. The Morgan fingerprint density at radius 2 is 1.42 bits per heavy atom. The van der Waals surface area contributed by atoms with Crippen molar-refractivity contribution >= 4 is 23.4 Å². The smallest absolute Gasteiger partial charge is 0.183 e. The minimum atomic E-state index is -1.60. The molecule has 2 aliphatic rings. The summed E-state index contributed by atoms with van der Waals surface area (Å²) in [5.74, 6) is -3.65. The number of allylic oxidation sites excluding steroid dienone is 9. The summed E-state index contributed by atoms with van der Waals surface area (Å²) >= 11 is 0. The predicted octanol–water partition coefficient (Wildman–Crippen LogP) is 10.2. The van der Waals surface area contributed by atoms with Crippen molar-refractivity contribution in [2.45, 2.75) is 132 Å². The average molecular weight is 689 g/mol. The summed E-state index contributed by atoms with van der Waals surface area (Å²) in [7, 11) is 0. The minimum absolute atomic E-state index is 0.00631. The Kier molecular flexibility index (Phi) is 13.3. The zero-order chi connectivity index (χ0) is 37.6. The number of ether oxygens (including phenoxy) is 1. The summed E-state index contributed by atoms with van der Waals surface area (Å²) in [6, 6.07) is 0. The van der Waals surface area contributed by atoms with Gasteiger partial charge in [-0.3, -0.25) is 14.4 Å². The van der Waals surface area contributed by atoms with Crippen LogP contribution < -0.4 is 4.74 Å². The highest BCUT2D eigenvalue weighted by molar-refractivity contribution is 6.24. The number of hydrogen-bond donors (Lipinski definition) is 4. The molecule has 2 atom stereocenters. The van der Waals surface area contributed by atoms with Crippen LogP contribution in [-0.2, 0) is 16.0 Å². The van der Waals surface area contributed by atoms with E-state index in [9.17, 15) is 34.8 Å². The van der Waals surface area contributed by atoms with Gasteiger partial charge in [0, 0.05) is 30.4 Å². The lowest BCUT2D eigenvalue weighted by molar-refractivity contribution is -0.127. The molecular formula is C42H56O8. The van der Waals surface area contributed by atoms with Gasteiger partial charge in [0.1, 0.15) is 45.5 Å². The van der Waals surface area contributed by atoms with E-state index in [1.165, 1.54) is 12.5 Å². The highest BCUT2D eigenvalue weighted by Crippen LogP contribution is 2.51. The number of aliphatic hydroxyl groups is 2. The quantitative estimate of drug-likeness (QED) is 0.0764. The molecule has 8 heteroatoms. The fraction of sp³-hybridized carbons (Fsp3) is 0.500. The maximum Gasteiger partial charge on any atom is 0.183 e. The first-order chi connectivity index (χ1) is 23.4. The molecule has 0 unspecified atom stereocenters. The Labute approximate surface area is 297 Å². The van der Waals surface area contributed by atoms with Gasteiger partial charge in [0.2, 0.25) is 0 Å². The number of carbonyl (C=O) groups is 3. The predicted molar refractivity (Wildman–Crippen MR) is 199 cm³/mol. The first-order valence-corrected chi connectivity index (χ1v) is 17.8. The second kappa shape index (κ2) is 16.6. The number of hydrogen-bond acceptors (Lipinski definition) is 8. The van der Waals surface area contributed by atoms with E-state index < -0.39 is 63.4 Å². The molecule has 0 saturated heterocycles. The molecule has 1 aromatic carbocycles. The summed E-state index contributed by atoms with van der Waals surface area (Å²) < 4.78 is 6.39. The van der Waals surface area contributed by atoms with Gasteiger partial charge >= 0.3 is 0 Å². The molecule has 0 spiro atoms. The van der Waals surface area contributed by atoms with Crippen molar-refractivity contribution < 1.29 is 39.5 Å². The van der Waals surface area contributed by atoms with Gasteiger partial charge in [0.15, 0.2) is 17.3 Å². The highest BCUT2D eigenvalue weighted by Gasteiger charge is 2.48. The van der Waals surface area contributed by atoms with Crippen LogP contribution in [0.4, 0.5) is 0 Å². The molecule has 0 saturated carbocycles. The third-order valence-electron chi connectivity index (χ3n) is 9.54. The number of ketones is 3. The number of Topliss-reactive ketones (excluding diaryl/α,β-unsaturated/α-hetero) is 3. The molecule has 0 fully saturated rings. The molecule has 3 rings (SSSR count). The summed E-state index contributed by atoms with van der Waals surface area (Å²) in [6.07, 6.45) is 13.0. The number of phenols is 2. The molecule has 4 N–H and O–H groups in total. The highest BCUT2D eigenvalue weighted by atomic mass is 16.5. The first-order valence-electron chi connectivity index (χ1n) is 17.8. The Morgan fingerprint density at radius 3 is 2.02 bits per heavy atom. The molecule has 0 radical (unpaired) electrons. The van der Waals surface area contributed by atoms with Crippen LogP contribution in [0.1, 0.15) is 142 Å². The van der Waals surface area contributed by atoms with E-state index in [4.69, 9.17) is 4.74 Å². The van der Waals surface area contributed by atoms with Crippen LogP contribution in [0.5, 0.6) is 17.2 Å². The normalized spacial score (nSPS) is 20.4. The number of fused-ring (bicyclic) bond motifs is 1. The van der Waals surface area contributed by atoms with Crippen LogP contribution in [0.3, 0.4) is 0 Å². The summed E-state index contributed by atoms with van der Waals surface area (Å²) in [5, 5.41) is 46.7. The standard InChI is InChI=1S/C42H56O8/c1-10-14-31(43)33-36(46)29(35(45)28-20-22-41(8,50-38(28)33)21-13-17-26(5)6)24-30-37(47)34(32(44)15-11-2)40(49)42(9,39(30)48)23-19-27(7)18-12-16-25(3)4/h16-17,19-20,22,45-48H,10-15,18,21,23-24H2,1-9H3/t41-,42-/m1/s1. The van der Waals surface area contributed by atoms with E-state index in [1.54, 1.807) is 19.1 Å². The fourth-order valence-electron chi connectivity index (χ4n) is 6.42. The van der Waals surface area contributed by atoms with Gasteiger partial charge < -0.3 is 25.2 Å². The molecule has 1 heterocycles. The molecule has 1 aliphatic heterocycles. The van der Waals surface area contributed by atoms with Crippen molar-refractivity contribution in [3.63, 3.8) is 0 Å². The zero-order valence-electron chi connectivity index (χ0n) is 31.4. The lowest BCUT2D eigenvalue weighted by Gasteiger charge is -2.35. The van der Waals surface area contributed by atoms with Gasteiger partial charge in [-0.1, -0.05) is 48.8 Å². The number of aliphatic hydroxyl groups excluding tert-OH is 2. The summed E-state index contributed by atoms with van der Waals surface area (Å²) in [4.78, 5) is 40.9. The van der Waals surface area contributed by atoms with E-state index in [0.717, 1.165) is 24.0 Å². The minimum Gasteiger partial charge on any atom is -0.511 e. The van der Waals surface area contributed by atoms with E-state index in [2.05, 4.69) is 12.2 Å². The molecule has 50 heavy (non-hydrogen) atoms. The number of aromatic hydroxyl groups is 2. The Balaban J connectivity index is 2.23. The van der Waals surface area contributed by atoms with Crippen LogP contribution in [0, 0.1) is 5.41 Å². The molecule has 0 amide bonds. The lowest BCUT2D eigenvalue weighted by Crippen LogP contribution is -2.39. The Hall–Kier alpha value is -4.33. The topological polar surface area (TPSA) is 141 Å². The van der Waals surface area contributed by atoms with Crippen molar-refractivity contribution in [1.29, 1.82) is 0 Å². The van der Waals surface area contributed by atoms with Crippen LogP contribution in [-0.4, -0.2) is 43.4 Å². The first kappa shape index (κ1) is 40.1. The van der Waals surface area contributed by atoms with Crippen molar-refractivity contribution in [2.75, 3.05) is 0 Å². The van der Waals surface area contributed by atoms with Crippen molar-refractivity contribution in [3.8, 4) is 17.2 Å². The molecule has 272 valence electrons. The van der Waals surface area contributed by atoms with Gasteiger partial charge in [0.25, 0.3) is 0 Å². The maximum absolute atomic E-state index is 14.0. The van der Waals surface area contributed by atoms with Gasteiger partial charge in [0.05, 0.1) is 11.0 Å². The lowest BCUT2D eigenvalue weighted by atomic mass is 9.69. The average Bonchev–Trinajstić information content (AvgIpc) is 3.02. The Bertz CT molecular complexity index is 1700. The second-order valence-electron chi connectivity index (χ2n) is 14.7. The molecular weight excluding hydrogens is 632 g/mol. The van der Waals surface area contributed by atoms with Gasteiger partial charge in [-0.2, -0.15) is 0 Å². The second-order valence-corrected chi connectivity index (χ2v) is 14.7. The third-order valence-corrected chi connectivity index (χ3v) is 9.54. The number of benzene rings is 1. The SMILES string of the molecule is CCCC(=O)C1=C(O)C(Cc2c(O)c3c(c(C(=O)CCC)c2O)O[C@](C)(CCC=C(C)C)C=C3)=C(O)[C@@](C)(CC=C(C)CCC=C(C)C)C1=O. The van der Waals surface area contributed by atoms with Crippen LogP contribution >= 0.6 is 0 Å². The van der Waals surface area contributed by atoms with Gasteiger partial charge in [-0.25, -0.2) is 0 Å². The van der Waals surface area contributed by atoms with Crippen molar-refractivity contribution in [2.24, 2.45) is 5.41 Å². The van der Waals surface area contributed by atoms with Crippen molar-refractivity contribution in [1.82, 2.24) is 0 Å². The van der Waals surface area contributed by atoms with E-state index in [1.807, 2.05) is 54.5 Å². The number of phenolic OH excluding ortho intramolecular Hbond substituents is 2. The largest absolute Gasteiger partial charge is 0.511 e. The molecule has 0 aromatic heterocycles. The van der Waals surface area contributed by atoms with E-state index >= 15 is 0 Å². The summed E-state index contributed by atoms with van der Waals surface area (Å²) in [5.41, 5.74) is 0.305. The fourth-order valence-corrected chi connectivity index (χ4v) is 6.42. The van der Waals surface area contributed by atoms with Gasteiger partial charge in [-0.05, 0) is 106 Å². The van der Waals surface area contributed by atoms with Crippen LogP contribution in [0.25, 0.3) is 6.08 Å².